The van der Waals surface area contributed by atoms with Gasteiger partial charge in [0.25, 0.3) is 0 Å². The Balaban J connectivity index is 2.20. The van der Waals surface area contributed by atoms with Crippen LogP contribution >= 0.6 is 0 Å². The van der Waals surface area contributed by atoms with Gasteiger partial charge in [0.2, 0.25) is 5.91 Å². The Kier molecular flexibility index (Phi) is 7.25. The smallest absolute Gasteiger partial charge is 0.222 e. The van der Waals surface area contributed by atoms with Crippen LogP contribution in [0.1, 0.15) is 64.7 Å². The summed E-state index contributed by atoms with van der Waals surface area (Å²) >= 11 is 0. The third-order valence-corrected chi connectivity index (χ3v) is 3.72. The number of amides is 1. The molecular weight excluding hydrogens is 212 g/mol. The standard InChI is InChI=1S/C14H28N2O/c1-13-9-5-4-8-12-16(13)14(17)10-6-2-3-7-11-15/h13H,2-12,15H2,1H3. The highest BCUT2D eigenvalue weighted by Gasteiger charge is 2.20. The molecule has 17 heavy (non-hydrogen) atoms. The van der Waals surface area contributed by atoms with Crippen molar-refractivity contribution in [3.8, 4) is 0 Å². The van der Waals surface area contributed by atoms with E-state index in [0.29, 0.717) is 11.9 Å². The maximum Gasteiger partial charge on any atom is 0.222 e. The molecule has 1 aliphatic heterocycles. The summed E-state index contributed by atoms with van der Waals surface area (Å²) in [6, 6.07) is 0.453. The average molecular weight is 240 g/mol. The van der Waals surface area contributed by atoms with Crippen molar-refractivity contribution < 1.29 is 4.79 Å². The molecule has 2 N–H and O–H groups in total. The fourth-order valence-electron chi connectivity index (χ4n) is 2.56. The zero-order valence-electron chi connectivity index (χ0n) is 11.3. The lowest BCUT2D eigenvalue weighted by molar-refractivity contribution is -0.133. The molecule has 0 aliphatic carbocycles. The minimum absolute atomic E-state index is 0.368. The first-order valence-electron chi connectivity index (χ1n) is 7.25. The molecule has 0 aromatic carbocycles. The summed E-state index contributed by atoms with van der Waals surface area (Å²) < 4.78 is 0. The van der Waals surface area contributed by atoms with Gasteiger partial charge < -0.3 is 10.6 Å². The van der Waals surface area contributed by atoms with Gasteiger partial charge in [0.15, 0.2) is 0 Å². The van der Waals surface area contributed by atoms with E-state index in [9.17, 15) is 4.79 Å². The van der Waals surface area contributed by atoms with Gasteiger partial charge in [-0.3, -0.25) is 4.79 Å². The van der Waals surface area contributed by atoms with Gasteiger partial charge in [0, 0.05) is 19.0 Å². The Hall–Kier alpha value is -0.570. The van der Waals surface area contributed by atoms with E-state index in [0.717, 1.165) is 38.8 Å². The van der Waals surface area contributed by atoms with Crippen LogP contribution < -0.4 is 5.73 Å². The zero-order valence-corrected chi connectivity index (χ0v) is 11.3. The summed E-state index contributed by atoms with van der Waals surface area (Å²) in [5, 5.41) is 0. The largest absolute Gasteiger partial charge is 0.340 e. The van der Waals surface area contributed by atoms with E-state index >= 15 is 0 Å². The van der Waals surface area contributed by atoms with Gasteiger partial charge in [-0.1, -0.05) is 25.7 Å². The lowest BCUT2D eigenvalue weighted by Crippen LogP contribution is -2.38. The second-order valence-corrected chi connectivity index (χ2v) is 5.24. The van der Waals surface area contributed by atoms with Crippen molar-refractivity contribution in [3.05, 3.63) is 0 Å². The summed E-state index contributed by atoms with van der Waals surface area (Å²) in [7, 11) is 0. The van der Waals surface area contributed by atoms with Gasteiger partial charge in [-0.05, 0) is 39.2 Å². The molecule has 1 aliphatic rings. The Morgan fingerprint density at radius 1 is 1.18 bits per heavy atom. The van der Waals surface area contributed by atoms with Gasteiger partial charge in [-0.2, -0.15) is 0 Å². The molecule has 1 heterocycles. The average Bonchev–Trinajstić information content (AvgIpc) is 2.53. The molecule has 1 saturated heterocycles. The summed E-state index contributed by atoms with van der Waals surface area (Å²) in [4.78, 5) is 14.2. The minimum atomic E-state index is 0.368. The highest BCUT2D eigenvalue weighted by atomic mass is 16.2. The molecule has 1 rings (SSSR count). The molecule has 1 atom stereocenters. The number of rotatable bonds is 6. The molecule has 0 aromatic heterocycles. The van der Waals surface area contributed by atoms with Crippen molar-refractivity contribution >= 4 is 5.91 Å². The zero-order chi connectivity index (χ0) is 12.5. The van der Waals surface area contributed by atoms with E-state index in [1.807, 2.05) is 0 Å². The molecule has 0 radical (unpaired) electrons. The maximum absolute atomic E-state index is 12.1. The number of hydrogen-bond acceptors (Lipinski definition) is 2. The Morgan fingerprint density at radius 3 is 2.71 bits per heavy atom. The van der Waals surface area contributed by atoms with E-state index in [-0.39, 0.29) is 0 Å². The second-order valence-electron chi connectivity index (χ2n) is 5.24. The highest BCUT2D eigenvalue weighted by molar-refractivity contribution is 5.76. The minimum Gasteiger partial charge on any atom is -0.340 e. The summed E-state index contributed by atoms with van der Waals surface area (Å²) in [6.45, 7) is 3.94. The van der Waals surface area contributed by atoms with Crippen LogP contribution in [0.5, 0.6) is 0 Å². The third kappa shape index (κ3) is 5.53. The lowest BCUT2D eigenvalue weighted by Gasteiger charge is -2.27. The number of nitrogens with two attached hydrogens (primary N) is 1. The van der Waals surface area contributed by atoms with Crippen molar-refractivity contribution in [1.29, 1.82) is 0 Å². The van der Waals surface area contributed by atoms with Crippen molar-refractivity contribution in [1.82, 2.24) is 4.90 Å². The van der Waals surface area contributed by atoms with Crippen LogP contribution in [0.2, 0.25) is 0 Å². The molecule has 3 heteroatoms. The molecule has 1 amide bonds. The van der Waals surface area contributed by atoms with E-state index in [2.05, 4.69) is 11.8 Å². The molecular formula is C14H28N2O. The quantitative estimate of drug-likeness (QED) is 0.726. The summed E-state index contributed by atoms with van der Waals surface area (Å²) in [5.41, 5.74) is 5.45. The summed E-state index contributed by atoms with van der Waals surface area (Å²) in [5.74, 6) is 0.368. The monoisotopic (exact) mass is 240 g/mol. The Labute approximate surface area is 106 Å². The van der Waals surface area contributed by atoms with Crippen LogP contribution in [-0.4, -0.2) is 29.9 Å². The van der Waals surface area contributed by atoms with Crippen LogP contribution in [0.3, 0.4) is 0 Å². The first kappa shape index (κ1) is 14.5. The SMILES string of the molecule is CC1CCCCCN1C(=O)CCCCCCN. The van der Waals surface area contributed by atoms with E-state index in [1.54, 1.807) is 0 Å². The number of likely N-dealkylation sites (tertiary alicyclic amines) is 1. The number of carbonyl (C=O) groups excluding carboxylic acids is 1. The van der Waals surface area contributed by atoms with Crippen LogP contribution in [0.25, 0.3) is 0 Å². The van der Waals surface area contributed by atoms with Gasteiger partial charge >= 0.3 is 0 Å². The van der Waals surface area contributed by atoms with E-state index in [1.165, 1.54) is 32.1 Å². The van der Waals surface area contributed by atoms with Crippen molar-refractivity contribution in [2.45, 2.75) is 70.8 Å². The predicted octanol–water partition coefficient (Wildman–Crippen LogP) is 2.69. The van der Waals surface area contributed by atoms with Crippen LogP contribution in [0.15, 0.2) is 0 Å². The first-order chi connectivity index (χ1) is 8.25. The predicted molar refractivity (Wildman–Crippen MR) is 71.8 cm³/mol. The number of carbonyl (C=O) groups is 1. The molecule has 0 spiro atoms. The van der Waals surface area contributed by atoms with E-state index < -0.39 is 0 Å². The highest BCUT2D eigenvalue weighted by Crippen LogP contribution is 2.18. The summed E-state index contributed by atoms with van der Waals surface area (Å²) in [6.07, 6.45) is 10.1. The Morgan fingerprint density at radius 2 is 1.94 bits per heavy atom. The van der Waals surface area contributed by atoms with Gasteiger partial charge in [-0.15, -0.1) is 0 Å². The molecule has 0 saturated carbocycles. The fourth-order valence-corrected chi connectivity index (χ4v) is 2.56. The van der Waals surface area contributed by atoms with Crippen LogP contribution in [0.4, 0.5) is 0 Å². The second kappa shape index (κ2) is 8.51. The Bertz CT molecular complexity index is 218. The molecule has 3 nitrogen and oxygen atoms in total. The molecule has 100 valence electrons. The number of hydrogen-bond donors (Lipinski definition) is 1. The number of nitrogens with zero attached hydrogens (tertiary/aromatic N) is 1. The first-order valence-corrected chi connectivity index (χ1v) is 7.25. The lowest BCUT2D eigenvalue weighted by atomic mass is 10.1. The molecule has 1 unspecified atom stereocenters. The molecule has 0 bridgehead atoms. The van der Waals surface area contributed by atoms with Gasteiger partial charge in [0.1, 0.15) is 0 Å². The number of unbranched alkanes of at least 4 members (excludes halogenated alkanes) is 3. The van der Waals surface area contributed by atoms with Crippen LogP contribution in [-0.2, 0) is 4.79 Å². The van der Waals surface area contributed by atoms with Gasteiger partial charge in [-0.25, -0.2) is 0 Å². The van der Waals surface area contributed by atoms with E-state index in [4.69, 9.17) is 5.73 Å². The van der Waals surface area contributed by atoms with Gasteiger partial charge in [0.05, 0.1) is 0 Å². The van der Waals surface area contributed by atoms with Crippen molar-refractivity contribution in [3.63, 3.8) is 0 Å². The fraction of sp³-hybridized carbons (Fsp3) is 0.929. The molecule has 1 fully saturated rings. The molecule has 0 aromatic rings. The van der Waals surface area contributed by atoms with Crippen LogP contribution in [0, 0.1) is 0 Å². The van der Waals surface area contributed by atoms with Crippen molar-refractivity contribution in [2.24, 2.45) is 5.73 Å². The maximum atomic E-state index is 12.1. The topological polar surface area (TPSA) is 46.3 Å². The third-order valence-electron chi connectivity index (χ3n) is 3.72. The van der Waals surface area contributed by atoms with Crippen molar-refractivity contribution in [2.75, 3.05) is 13.1 Å². The normalized spacial score (nSPS) is 21.3.